The van der Waals surface area contributed by atoms with Gasteiger partial charge in [0, 0.05) is 28.4 Å². The van der Waals surface area contributed by atoms with Crippen molar-refractivity contribution in [3.05, 3.63) is 28.2 Å². The highest BCUT2D eigenvalue weighted by atomic mass is 79.9. The summed E-state index contributed by atoms with van der Waals surface area (Å²) in [5, 5.41) is 9.77. The first-order valence-corrected chi connectivity index (χ1v) is 10.2. The summed E-state index contributed by atoms with van der Waals surface area (Å²) in [6.07, 6.45) is -1.31. The van der Waals surface area contributed by atoms with Crippen LogP contribution in [0.4, 0.5) is 5.69 Å². The average Bonchev–Trinajstić information content (AvgIpc) is 2.76. The van der Waals surface area contributed by atoms with Crippen molar-refractivity contribution in [1.29, 1.82) is 0 Å². The van der Waals surface area contributed by atoms with Crippen molar-refractivity contribution in [3.8, 4) is 0 Å². The van der Waals surface area contributed by atoms with E-state index in [9.17, 15) is 23.1 Å². The van der Waals surface area contributed by atoms with Crippen LogP contribution in [0.1, 0.15) is 12.0 Å². The van der Waals surface area contributed by atoms with Crippen molar-refractivity contribution in [3.63, 3.8) is 0 Å². The number of hydrogen-bond acceptors (Lipinski definition) is 5. The van der Waals surface area contributed by atoms with Crippen LogP contribution in [-0.2, 0) is 19.4 Å². The lowest BCUT2D eigenvalue weighted by molar-refractivity contribution is -0.134. The number of aliphatic hydroxyl groups is 1. The van der Waals surface area contributed by atoms with Gasteiger partial charge >= 0.3 is 0 Å². The van der Waals surface area contributed by atoms with Gasteiger partial charge in [-0.1, -0.05) is 15.9 Å². The molecule has 0 aromatic heterocycles. The zero-order valence-electron chi connectivity index (χ0n) is 12.8. The molecule has 8 heteroatoms. The van der Waals surface area contributed by atoms with E-state index in [1.807, 2.05) is 6.92 Å². The topological polar surface area (TPSA) is 91.8 Å². The normalized spacial score (nSPS) is 37.0. The number of nitrogens with zero attached hydrogens (tertiary/aromatic N) is 1. The van der Waals surface area contributed by atoms with Crippen molar-refractivity contribution < 1.29 is 23.1 Å². The Labute approximate surface area is 147 Å². The number of carbonyl (C=O) groups is 2. The molecule has 1 aromatic carbocycles. The Morgan fingerprint density at radius 1 is 1.29 bits per heavy atom. The number of aryl methyl sites for hydroxylation is 1. The molecule has 0 radical (unpaired) electrons. The molecule has 1 N–H and O–H groups in total. The third-order valence-corrected chi connectivity index (χ3v) is 8.63. The number of aliphatic hydroxyl groups excluding tert-OH is 1. The zero-order chi connectivity index (χ0) is 17.4. The van der Waals surface area contributed by atoms with Crippen LogP contribution in [0.3, 0.4) is 0 Å². The molecule has 0 spiro atoms. The van der Waals surface area contributed by atoms with E-state index in [0.29, 0.717) is 5.69 Å². The van der Waals surface area contributed by atoms with E-state index in [2.05, 4.69) is 15.9 Å². The molecule has 2 bridgehead atoms. The maximum atomic E-state index is 12.9. The molecule has 3 unspecified atom stereocenters. The highest BCUT2D eigenvalue weighted by Gasteiger charge is 2.65. The van der Waals surface area contributed by atoms with Gasteiger partial charge in [0.2, 0.25) is 5.91 Å². The minimum Gasteiger partial charge on any atom is -0.373 e. The molecule has 4 fully saturated rings. The Hall–Kier alpha value is -1.25. The number of ketones is 1. The van der Waals surface area contributed by atoms with Crippen molar-refractivity contribution in [1.82, 2.24) is 0 Å². The second kappa shape index (κ2) is 5.12. The smallest absolute Gasteiger partial charge is 0.233 e. The van der Waals surface area contributed by atoms with Crippen LogP contribution in [0.25, 0.3) is 0 Å². The van der Waals surface area contributed by atoms with E-state index < -0.39 is 39.1 Å². The van der Waals surface area contributed by atoms with Crippen LogP contribution in [0, 0.1) is 24.7 Å². The molecule has 3 heterocycles. The summed E-state index contributed by atoms with van der Waals surface area (Å²) in [4.78, 5) is 26.3. The number of hydrogen-bond donors (Lipinski definition) is 1. The van der Waals surface area contributed by atoms with E-state index >= 15 is 0 Å². The molecule has 1 aromatic rings. The van der Waals surface area contributed by atoms with Gasteiger partial charge in [0.15, 0.2) is 9.84 Å². The molecule has 5 atom stereocenters. The van der Waals surface area contributed by atoms with Crippen LogP contribution in [0.5, 0.6) is 0 Å². The maximum Gasteiger partial charge on any atom is 0.233 e. The van der Waals surface area contributed by atoms with Gasteiger partial charge < -0.3 is 5.11 Å². The predicted molar refractivity (Wildman–Crippen MR) is 90.0 cm³/mol. The zero-order valence-corrected chi connectivity index (χ0v) is 15.2. The monoisotopic (exact) mass is 413 g/mol. The van der Waals surface area contributed by atoms with Gasteiger partial charge in [-0.15, -0.1) is 0 Å². The van der Waals surface area contributed by atoms with Crippen molar-refractivity contribution in [2.75, 3.05) is 10.7 Å². The van der Waals surface area contributed by atoms with Crippen molar-refractivity contribution >= 4 is 43.1 Å². The summed E-state index contributed by atoms with van der Waals surface area (Å²) in [5.74, 6) is -3.10. The number of halogens is 1. The molecule has 3 saturated heterocycles. The SMILES string of the molecule is Cc1cc(N2C(=O)[C@@H]3C4CS(=O)(=O)C(CC4=O)[C@@H]3C2O)ccc1Br. The molecule has 128 valence electrons. The summed E-state index contributed by atoms with van der Waals surface area (Å²) in [7, 11) is -3.46. The van der Waals surface area contributed by atoms with Crippen molar-refractivity contribution in [2.45, 2.75) is 24.8 Å². The molecular formula is C16H16BrNO5S. The molecular weight excluding hydrogens is 398 g/mol. The Bertz CT molecular complexity index is 867. The first kappa shape index (κ1) is 16.2. The van der Waals surface area contributed by atoms with Crippen molar-refractivity contribution in [2.24, 2.45) is 17.8 Å². The molecule has 3 aliphatic heterocycles. The summed E-state index contributed by atoms with van der Waals surface area (Å²) in [6, 6.07) is 5.25. The van der Waals surface area contributed by atoms with Gasteiger partial charge in [-0.2, -0.15) is 0 Å². The Kier molecular flexibility index (Phi) is 3.47. The molecule has 5 rings (SSSR count). The van der Waals surface area contributed by atoms with Gasteiger partial charge in [0.05, 0.1) is 16.9 Å². The predicted octanol–water partition coefficient (Wildman–Crippen LogP) is 1.04. The van der Waals surface area contributed by atoms with Crippen LogP contribution in [0.2, 0.25) is 0 Å². The van der Waals surface area contributed by atoms with E-state index in [-0.39, 0.29) is 23.9 Å². The standard InChI is InChI=1S/C16H16BrNO5S/c1-7-4-8(2-3-10(7)17)18-15(20)13-9-6-24(22,23)12(5-11(9)19)14(13)16(18)21/h2-4,9,12-14,16,21H,5-6H2,1H3/t9?,12?,13-,14+,16?/m1/s1. The van der Waals surface area contributed by atoms with Gasteiger partial charge in [0.1, 0.15) is 12.0 Å². The Balaban J connectivity index is 1.80. The third kappa shape index (κ3) is 2.06. The second-order valence-corrected chi connectivity index (χ2v) is 9.92. The van der Waals surface area contributed by atoms with Crippen LogP contribution < -0.4 is 4.90 Å². The first-order chi connectivity index (χ1) is 11.2. The summed E-state index contributed by atoms with van der Waals surface area (Å²) < 4.78 is 25.5. The molecule has 6 nitrogen and oxygen atoms in total. The number of Topliss-reactive ketones (excluding diaryl/α,β-unsaturated/α-hetero) is 1. The highest BCUT2D eigenvalue weighted by Crippen LogP contribution is 2.50. The van der Waals surface area contributed by atoms with Gasteiger partial charge in [0.25, 0.3) is 0 Å². The summed E-state index contributed by atoms with van der Waals surface area (Å²) in [5.41, 5.74) is 1.42. The quantitative estimate of drug-likeness (QED) is 0.742. The molecule has 24 heavy (non-hydrogen) atoms. The molecule has 1 aliphatic carbocycles. The van der Waals surface area contributed by atoms with Crippen LogP contribution >= 0.6 is 15.9 Å². The third-order valence-electron chi connectivity index (χ3n) is 5.52. The fourth-order valence-electron chi connectivity index (χ4n) is 4.36. The van der Waals surface area contributed by atoms with E-state index in [1.54, 1.807) is 18.2 Å². The highest BCUT2D eigenvalue weighted by molar-refractivity contribution is 9.10. The van der Waals surface area contributed by atoms with E-state index in [0.717, 1.165) is 10.0 Å². The second-order valence-electron chi connectivity index (χ2n) is 6.80. The minimum absolute atomic E-state index is 0.0916. The largest absolute Gasteiger partial charge is 0.373 e. The molecule has 1 saturated carbocycles. The van der Waals surface area contributed by atoms with Crippen LogP contribution in [-0.4, -0.2) is 42.4 Å². The number of benzene rings is 1. The molecule has 1 amide bonds. The number of amides is 1. The maximum absolute atomic E-state index is 12.9. The lowest BCUT2D eigenvalue weighted by atomic mass is 9.72. The summed E-state index contributed by atoms with van der Waals surface area (Å²) in [6.45, 7) is 1.87. The van der Waals surface area contributed by atoms with E-state index in [1.165, 1.54) is 4.90 Å². The molecule has 4 aliphatic rings. The van der Waals surface area contributed by atoms with Gasteiger partial charge in [-0.3, -0.25) is 14.5 Å². The first-order valence-electron chi connectivity index (χ1n) is 7.74. The van der Waals surface area contributed by atoms with Gasteiger partial charge in [-0.05, 0) is 30.7 Å². The van der Waals surface area contributed by atoms with E-state index in [4.69, 9.17) is 0 Å². The lowest BCUT2D eigenvalue weighted by Gasteiger charge is -2.42. The van der Waals surface area contributed by atoms with Gasteiger partial charge in [-0.25, -0.2) is 8.42 Å². The number of rotatable bonds is 1. The Morgan fingerprint density at radius 3 is 2.67 bits per heavy atom. The van der Waals surface area contributed by atoms with Crippen LogP contribution in [0.15, 0.2) is 22.7 Å². The average molecular weight is 414 g/mol. The number of anilines is 1. The fraction of sp³-hybridized carbons (Fsp3) is 0.500. The number of carbonyl (C=O) groups excluding carboxylic acids is 2. The Morgan fingerprint density at radius 2 is 2.00 bits per heavy atom. The summed E-state index contributed by atoms with van der Waals surface area (Å²) >= 11 is 3.39. The number of fused-ring (bicyclic) bond motifs is 2. The number of sulfone groups is 1. The minimum atomic E-state index is -3.46. The lowest BCUT2D eigenvalue weighted by Crippen LogP contribution is -2.57. The fourth-order valence-corrected chi connectivity index (χ4v) is 6.95.